The molecule has 0 saturated carbocycles. The van der Waals surface area contributed by atoms with Gasteiger partial charge in [0.1, 0.15) is 6.54 Å². The van der Waals surface area contributed by atoms with Gasteiger partial charge in [-0.05, 0) is 43.3 Å². The third kappa shape index (κ3) is 4.22. The Labute approximate surface area is 187 Å². The number of pyridine rings is 1. The van der Waals surface area contributed by atoms with E-state index in [1.165, 1.54) is 17.0 Å². The Balaban J connectivity index is 1.35. The second-order valence-corrected chi connectivity index (χ2v) is 7.38. The number of carbonyl (C=O) groups is 1. The molecule has 4 heterocycles. The van der Waals surface area contributed by atoms with Crippen LogP contribution in [0.1, 0.15) is 5.69 Å². The summed E-state index contributed by atoms with van der Waals surface area (Å²) in [5.74, 6) is 0.283. The first kappa shape index (κ1) is 20.2. The molecular weight excluding hydrogens is 420 g/mol. The number of aryl methyl sites for hydroxylation is 1. The lowest BCUT2D eigenvalue weighted by Gasteiger charge is -2.08. The van der Waals surface area contributed by atoms with E-state index in [1.807, 2.05) is 36.4 Å². The number of rotatable bonds is 5. The van der Waals surface area contributed by atoms with Gasteiger partial charge in [-0.1, -0.05) is 12.1 Å². The van der Waals surface area contributed by atoms with Gasteiger partial charge < -0.3 is 5.32 Å². The summed E-state index contributed by atoms with van der Waals surface area (Å²) < 4.78 is 2.93. The van der Waals surface area contributed by atoms with Gasteiger partial charge in [-0.15, -0.1) is 10.2 Å². The minimum atomic E-state index is -0.319. The van der Waals surface area contributed by atoms with E-state index in [0.29, 0.717) is 22.9 Å². The first-order valence-corrected chi connectivity index (χ1v) is 10.1. The van der Waals surface area contributed by atoms with Crippen molar-refractivity contribution in [2.45, 2.75) is 13.5 Å². The van der Waals surface area contributed by atoms with Crippen molar-refractivity contribution in [1.82, 2.24) is 34.3 Å². The Kier molecular flexibility index (Phi) is 5.15. The van der Waals surface area contributed by atoms with Crippen LogP contribution in [0.4, 0.5) is 5.69 Å². The van der Waals surface area contributed by atoms with E-state index in [9.17, 15) is 9.59 Å². The second-order valence-electron chi connectivity index (χ2n) is 7.38. The maximum Gasteiger partial charge on any atom is 0.253 e. The van der Waals surface area contributed by atoms with Crippen LogP contribution in [0.3, 0.4) is 0 Å². The number of hydrogen-bond acceptors (Lipinski definition) is 7. The van der Waals surface area contributed by atoms with Crippen LogP contribution in [0.5, 0.6) is 0 Å². The van der Waals surface area contributed by atoms with Crippen molar-refractivity contribution in [2.75, 3.05) is 5.32 Å². The predicted octanol–water partition coefficient (Wildman–Crippen LogP) is 2.36. The number of hydrogen-bond donors (Lipinski definition) is 1. The highest BCUT2D eigenvalue weighted by Gasteiger charge is 2.11. The van der Waals surface area contributed by atoms with Gasteiger partial charge >= 0.3 is 0 Å². The number of amides is 1. The summed E-state index contributed by atoms with van der Waals surface area (Å²) in [5, 5.41) is 15.9. The van der Waals surface area contributed by atoms with E-state index >= 15 is 0 Å². The van der Waals surface area contributed by atoms with Crippen LogP contribution in [0.15, 0.2) is 78.1 Å². The molecule has 0 radical (unpaired) electrons. The monoisotopic (exact) mass is 438 g/mol. The summed E-state index contributed by atoms with van der Waals surface area (Å²) in [6, 6.07) is 16.1. The summed E-state index contributed by atoms with van der Waals surface area (Å²) in [7, 11) is 0. The molecule has 33 heavy (non-hydrogen) atoms. The number of carbonyl (C=O) groups excluding carboxylic acids is 1. The molecule has 0 bridgehead atoms. The average Bonchev–Trinajstić information content (AvgIpc) is 3.25. The van der Waals surface area contributed by atoms with Crippen molar-refractivity contribution in [3.8, 4) is 22.6 Å². The zero-order valence-corrected chi connectivity index (χ0v) is 17.6. The molecule has 1 N–H and O–H groups in total. The van der Waals surface area contributed by atoms with Crippen molar-refractivity contribution in [3.63, 3.8) is 0 Å². The minimum Gasteiger partial charge on any atom is -0.325 e. The third-order valence-corrected chi connectivity index (χ3v) is 4.98. The van der Waals surface area contributed by atoms with E-state index in [4.69, 9.17) is 0 Å². The summed E-state index contributed by atoms with van der Waals surface area (Å²) in [4.78, 5) is 32.4. The van der Waals surface area contributed by atoms with Crippen molar-refractivity contribution in [2.24, 2.45) is 0 Å². The van der Waals surface area contributed by atoms with Crippen LogP contribution < -0.4 is 10.9 Å². The zero-order chi connectivity index (χ0) is 22.8. The molecule has 5 rings (SSSR count). The Bertz CT molecular complexity index is 1510. The van der Waals surface area contributed by atoms with Crippen LogP contribution in [0, 0.1) is 6.92 Å². The number of anilines is 1. The van der Waals surface area contributed by atoms with E-state index in [-0.39, 0.29) is 18.0 Å². The quantitative estimate of drug-likeness (QED) is 0.447. The molecule has 0 saturated heterocycles. The van der Waals surface area contributed by atoms with Crippen molar-refractivity contribution < 1.29 is 4.79 Å². The maximum absolute atomic E-state index is 12.3. The first-order valence-electron chi connectivity index (χ1n) is 10.1. The molecule has 0 fully saturated rings. The number of benzene rings is 1. The van der Waals surface area contributed by atoms with Gasteiger partial charge in [0.15, 0.2) is 11.5 Å². The third-order valence-electron chi connectivity index (χ3n) is 4.98. The molecule has 1 aromatic carbocycles. The fraction of sp³-hybridized carbons (Fsp3) is 0.0870. The Morgan fingerprint density at radius 1 is 1.03 bits per heavy atom. The summed E-state index contributed by atoms with van der Waals surface area (Å²) >= 11 is 0. The van der Waals surface area contributed by atoms with E-state index in [0.717, 1.165) is 16.8 Å². The van der Waals surface area contributed by atoms with Gasteiger partial charge in [0, 0.05) is 41.0 Å². The molecule has 0 unspecified atom stereocenters. The maximum atomic E-state index is 12.3. The molecule has 162 valence electrons. The SMILES string of the molecule is Cc1cc(=O)n(CC(=O)Nc2ccc(-c3ccc4nnc(-c5cccnc5)n4n3)cc2)cn1. The normalized spacial score (nSPS) is 10.9. The van der Waals surface area contributed by atoms with Gasteiger partial charge in [-0.25, -0.2) is 4.98 Å². The molecular formula is C23H18N8O2. The molecule has 4 aromatic heterocycles. The Morgan fingerprint density at radius 2 is 1.88 bits per heavy atom. The van der Waals surface area contributed by atoms with Gasteiger partial charge in [0.25, 0.3) is 5.56 Å². The number of fused-ring (bicyclic) bond motifs is 1. The highest BCUT2D eigenvalue weighted by molar-refractivity contribution is 5.90. The molecule has 1 amide bonds. The van der Waals surface area contributed by atoms with Crippen molar-refractivity contribution in [1.29, 1.82) is 0 Å². The van der Waals surface area contributed by atoms with E-state index in [1.54, 1.807) is 36.0 Å². The summed E-state index contributed by atoms with van der Waals surface area (Å²) in [5.41, 5.74) is 3.98. The number of aromatic nitrogens is 7. The van der Waals surface area contributed by atoms with Crippen LogP contribution in [-0.4, -0.2) is 40.3 Å². The standard InChI is InChI=1S/C23H18N8O2/c1-15-11-22(33)30(14-25-15)13-21(32)26-18-6-4-16(5-7-18)19-8-9-20-27-28-23(31(20)29-19)17-3-2-10-24-12-17/h2-12,14H,13H2,1H3,(H,26,32). The molecule has 0 aliphatic rings. The van der Waals surface area contributed by atoms with Crippen molar-refractivity contribution >= 4 is 17.2 Å². The fourth-order valence-corrected chi connectivity index (χ4v) is 3.33. The predicted molar refractivity (Wildman–Crippen MR) is 121 cm³/mol. The fourth-order valence-electron chi connectivity index (χ4n) is 3.33. The minimum absolute atomic E-state index is 0.114. The highest BCUT2D eigenvalue weighted by atomic mass is 16.2. The molecule has 0 aliphatic heterocycles. The molecule has 5 aromatic rings. The molecule has 0 atom stereocenters. The summed E-state index contributed by atoms with van der Waals surface area (Å²) in [6.07, 6.45) is 4.78. The smallest absolute Gasteiger partial charge is 0.253 e. The lowest BCUT2D eigenvalue weighted by Crippen LogP contribution is -2.27. The molecule has 0 aliphatic carbocycles. The molecule has 0 spiro atoms. The topological polar surface area (TPSA) is 120 Å². The van der Waals surface area contributed by atoms with Crippen LogP contribution in [0.2, 0.25) is 0 Å². The van der Waals surface area contributed by atoms with Gasteiger partial charge in [0.2, 0.25) is 5.91 Å². The van der Waals surface area contributed by atoms with Crippen LogP contribution >= 0.6 is 0 Å². The van der Waals surface area contributed by atoms with Gasteiger partial charge in [0.05, 0.1) is 12.0 Å². The number of nitrogens with one attached hydrogen (secondary N) is 1. The Morgan fingerprint density at radius 3 is 2.64 bits per heavy atom. The molecule has 10 nitrogen and oxygen atoms in total. The molecule has 10 heteroatoms. The lowest BCUT2D eigenvalue weighted by molar-refractivity contribution is -0.116. The highest BCUT2D eigenvalue weighted by Crippen LogP contribution is 2.22. The van der Waals surface area contributed by atoms with E-state index in [2.05, 4.69) is 30.6 Å². The largest absolute Gasteiger partial charge is 0.325 e. The summed E-state index contributed by atoms with van der Waals surface area (Å²) in [6.45, 7) is 1.61. The van der Waals surface area contributed by atoms with Crippen molar-refractivity contribution in [3.05, 3.63) is 89.4 Å². The van der Waals surface area contributed by atoms with E-state index < -0.39 is 0 Å². The first-order chi connectivity index (χ1) is 16.1. The number of nitrogens with zero attached hydrogens (tertiary/aromatic N) is 7. The van der Waals surface area contributed by atoms with Crippen LogP contribution in [-0.2, 0) is 11.3 Å². The van der Waals surface area contributed by atoms with Gasteiger partial charge in [-0.3, -0.25) is 19.1 Å². The average molecular weight is 438 g/mol. The lowest BCUT2D eigenvalue weighted by atomic mass is 10.1. The van der Waals surface area contributed by atoms with Crippen LogP contribution in [0.25, 0.3) is 28.3 Å². The zero-order valence-electron chi connectivity index (χ0n) is 17.6. The second kappa shape index (κ2) is 8.42. The van der Waals surface area contributed by atoms with Gasteiger partial charge in [-0.2, -0.15) is 9.61 Å². The Hall–Kier alpha value is -4.73.